The van der Waals surface area contributed by atoms with E-state index in [0.29, 0.717) is 19.1 Å². The lowest BCUT2D eigenvalue weighted by atomic mass is 9.93. The summed E-state index contributed by atoms with van der Waals surface area (Å²) in [7, 11) is 0. The summed E-state index contributed by atoms with van der Waals surface area (Å²) in [5.41, 5.74) is 3.80. The van der Waals surface area contributed by atoms with Crippen molar-refractivity contribution in [2.24, 2.45) is 0 Å². The fourth-order valence-corrected chi connectivity index (χ4v) is 4.37. The van der Waals surface area contributed by atoms with Crippen molar-refractivity contribution in [2.45, 2.75) is 58.5 Å². The summed E-state index contributed by atoms with van der Waals surface area (Å²) in [6.45, 7) is 4.82. The maximum atomic E-state index is 13.3. The number of benzene rings is 2. The van der Waals surface area contributed by atoms with Crippen molar-refractivity contribution < 1.29 is 18.9 Å². The van der Waals surface area contributed by atoms with E-state index in [1.165, 1.54) is 36.3 Å². The van der Waals surface area contributed by atoms with Gasteiger partial charge in [0.1, 0.15) is 12.4 Å². The second kappa shape index (κ2) is 11.0. The van der Waals surface area contributed by atoms with Crippen LogP contribution in [-0.2, 0) is 16.1 Å². The molecule has 5 nitrogen and oxygen atoms in total. The van der Waals surface area contributed by atoms with Crippen LogP contribution in [0.25, 0.3) is 0 Å². The summed E-state index contributed by atoms with van der Waals surface area (Å²) in [6, 6.07) is 12.8. The van der Waals surface area contributed by atoms with E-state index in [0.717, 1.165) is 35.2 Å². The Morgan fingerprint density at radius 2 is 1.61 bits per heavy atom. The van der Waals surface area contributed by atoms with Gasteiger partial charge in [-0.1, -0.05) is 36.8 Å². The first-order valence-corrected chi connectivity index (χ1v) is 11.1. The highest BCUT2D eigenvalue weighted by Crippen LogP contribution is 2.19. The van der Waals surface area contributed by atoms with Gasteiger partial charge in [-0.05, 0) is 62.8 Å². The normalized spacial score (nSPS) is 15.3. The van der Waals surface area contributed by atoms with Crippen molar-refractivity contribution in [2.75, 3.05) is 18.4 Å². The van der Waals surface area contributed by atoms with Gasteiger partial charge in [-0.3, -0.25) is 9.59 Å². The van der Waals surface area contributed by atoms with E-state index < -0.39 is 0 Å². The van der Waals surface area contributed by atoms with Gasteiger partial charge in [-0.25, -0.2) is 4.39 Å². The molecule has 1 aliphatic carbocycles. The van der Waals surface area contributed by atoms with E-state index in [4.69, 9.17) is 0 Å². The lowest BCUT2D eigenvalue weighted by Gasteiger charge is -2.31. The number of para-hydroxylation sites is 1. The highest BCUT2D eigenvalue weighted by Gasteiger charge is 2.27. The van der Waals surface area contributed by atoms with Crippen molar-refractivity contribution in [1.29, 1.82) is 0 Å². The number of quaternary nitrogens is 1. The molecule has 0 aliphatic heterocycles. The Balaban J connectivity index is 1.56. The number of carbonyl (C=O) groups excluding carboxylic acids is 2. The van der Waals surface area contributed by atoms with Crippen LogP contribution in [0.1, 0.15) is 48.8 Å². The molecular formula is C25H33FN3O2+. The number of nitrogens with one attached hydrogen (secondary N) is 3. The average molecular weight is 427 g/mol. The van der Waals surface area contributed by atoms with Gasteiger partial charge < -0.3 is 15.5 Å². The summed E-state index contributed by atoms with van der Waals surface area (Å²) < 4.78 is 13.3. The monoisotopic (exact) mass is 426 g/mol. The minimum Gasteiger partial charge on any atom is -0.342 e. The molecule has 2 aromatic rings. The standard InChI is InChI=1S/C25H32FN3O2/c1-18-7-6-8-19(2)25(18)28-23(30)15-27-24(31)17-29(22-9-4-3-5-10-22)16-20-11-13-21(26)14-12-20/h6-8,11-14,22H,3-5,9-10,15-17H2,1-2H3,(H,27,31)(H,28,30)/p+1. The molecule has 6 heteroatoms. The molecule has 1 aliphatic rings. The first kappa shape index (κ1) is 22.9. The molecule has 2 aromatic carbocycles. The SMILES string of the molecule is Cc1cccc(C)c1NC(=O)CNC(=O)C[NH+](Cc1ccc(F)cc1)C1CCCCC1. The fourth-order valence-electron chi connectivity index (χ4n) is 4.37. The summed E-state index contributed by atoms with van der Waals surface area (Å²) in [5, 5.41) is 5.67. The molecular weight excluding hydrogens is 393 g/mol. The number of aryl methyl sites for hydroxylation is 2. The second-order valence-electron chi connectivity index (χ2n) is 8.56. The number of carbonyl (C=O) groups is 2. The van der Waals surface area contributed by atoms with E-state index in [9.17, 15) is 14.0 Å². The summed E-state index contributed by atoms with van der Waals surface area (Å²) in [6.07, 6.45) is 5.79. The Morgan fingerprint density at radius 3 is 2.26 bits per heavy atom. The van der Waals surface area contributed by atoms with Crippen LogP contribution in [0.4, 0.5) is 10.1 Å². The molecule has 1 saturated carbocycles. The Hall–Kier alpha value is -2.73. The highest BCUT2D eigenvalue weighted by atomic mass is 19.1. The first-order chi connectivity index (χ1) is 14.9. The third-order valence-electron chi connectivity index (χ3n) is 6.11. The lowest BCUT2D eigenvalue weighted by Crippen LogP contribution is -3.15. The van der Waals surface area contributed by atoms with Gasteiger partial charge in [0.25, 0.3) is 5.91 Å². The molecule has 3 N–H and O–H groups in total. The molecule has 0 aromatic heterocycles. The maximum Gasteiger partial charge on any atom is 0.275 e. The molecule has 1 unspecified atom stereocenters. The first-order valence-electron chi connectivity index (χ1n) is 11.1. The minimum atomic E-state index is -0.254. The van der Waals surface area contributed by atoms with Crippen LogP contribution in [0.5, 0.6) is 0 Å². The van der Waals surface area contributed by atoms with Gasteiger partial charge in [0.2, 0.25) is 5.91 Å². The van der Waals surface area contributed by atoms with E-state index in [2.05, 4.69) is 10.6 Å². The quantitative estimate of drug-likeness (QED) is 0.608. The fraction of sp³-hybridized carbons (Fsp3) is 0.440. The van der Waals surface area contributed by atoms with Gasteiger partial charge in [0.15, 0.2) is 6.54 Å². The summed E-state index contributed by atoms with van der Waals surface area (Å²) >= 11 is 0. The summed E-state index contributed by atoms with van der Waals surface area (Å²) in [4.78, 5) is 26.2. The number of anilines is 1. The van der Waals surface area contributed by atoms with Crippen LogP contribution < -0.4 is 15.5 Å². The highest BCUT2D eigenvalue weighted by molar-refractivity contribution is 5.95. The Bertz CT molecular complexity index is 872. The molecule has 0 saturated heterocycles. The van der Waals surface area contributed by atoms with Crippen molar-refractivity contribution >= 4 is 17.5 Å². The molecule has 0 spiro atoms. The number of amides is 2. The van der Waals surface area contributed by atoms with Crippen molar-refractivity contribution in [3.63, 3.8) is 0 Å². The predicted octanol–water partition coefficient (Wildman–Crippen LogP) is 2.92. The zero-order valence-corrected chi connectivity index (χ0v) is 18.5. The zero-order valence-electron chi connectivity index (χ0n) is 18.5. The number of hydrogen-bond donors (Lipinski definition) is 3. The van der Waals surface area contributed by atoms with Crippen molar-refractivity contribution in [1.82, 2.24) is 5.32 Å². The van der Waals surface area contributed by atoms with Crippen molar-refractivity contribution in [3.8, 4) is 0 Å². The van der Waals surface area contributed by atoms with Gasteiger partial charge in [0, 0.05) is 11.3 Å². The largest absolute Gasteiger partial charge is 0.342 e. The Morgan fingerprint density at radius 1 is 0.968 bits per heavy atom. The maximum absolute atomic E-state index is 13.3. The zero-order chi connectivity index (χ0) is 22.2. The van der Waals surface area contributed by atoms with Crippen LogP contribution in [0.15, 0.2) is 42.5 Å². The van der Waals surface area contributed by atoms with E-state index in [1.54, 1.807) is 12.1 Å². The molecule has 166 valence electrons. The average Bonchev–Trinajstić information content (AvgIpc) is 2.76. The molecule has 3 rings (SSSR count). The van der Waals surface area contributed by atoms with Gasteiger partial charge >= 0.3 is 0 Å². The topological polar surface area (TPSA) is 62.6 Å². The lowest BCUT2D eigenvalue weighted by molar-refractivity contribution is -0.932. The predicted molar refractivity (Wildman–Crippen MR) is 120 cm³/mol. The van der Waals surface area contributed by atoms with Gasteiger partial charge in [0.05, 0.1) is 12.6 Å². The molecule has 2 amide bonds. The van der Waals surface area contributed by atoms with Crippen LogP contribution in [0.2, 0.25) is 0 Å². The Labute approximate surface area is 184 Å². The number of rotatable bonds is 8. The molecule has 0 bridgehead atoms. The van der Waals surface area contributed by atoms with E-state index in [-0.39, 0.29) is 24.2 Å². The van der Waals surface area contributed by atoms with Crippen LogP contribution in [-0.4, -0.2) is 30.9 Å². The molecule has 0 heterocycles. The molecule has 31 heavy (non-hydrogen) atoms. The smallest absolute Gasteiger partial charge is 0.275 e. The van der Waals surface area contributed by atoms with Crippen LogP contribution in [0.3, 0.4) is 0 Å². The third-order valence-corrected chi connectivity index (χ3v) is 6.11. The molecule has 1 fully saturated rings. The number of halogens is 1. The minimum absolute atomic E-state index is 0.0545. The van der Waals surface area contributed by atoms with Crippen molar-refractivity contribution in [3.05, 3.63) is 65.0 Å². The van der Waals surface area contributed by atoms with Crippen LogP contribution in [0, 0.1) is 19.7 Å². The van der Waals surface area contributed by atoms with E-state index >= 15 is 0 Å². The van der Waals surface area contributed by atoms with Gasteiger partial charge in [-0.2, -0.15) is 0 Å². The van der Waals surface area contributed by atoms with Gasteiger partial charge in [-0.15, -0.1) is 0 Å². The summed E-state index contributed by atoms with van der Waals surface area (Å²) in [5.74, 6) is -0.626. The third kappa shape index (κ3) is 6.89. The second-order valence-corrected chi connectivity index (χ2v) is 8.56. The van der Waals surface area contributed by atoms with Crippen LogP contribution >= 0.6 is 0 Å². The molecule has 0 radical (unpaired) electrons. The molecule has 1 atom stereocenters. The Kier molecular flexibility index (Phi) is 8.18. The number of hydrogen-bond acceptors (Lipinski definition) is 2. The van der Waals surface area contributed by atoms with E-state index in [1.807, 2.05) is 32.0 Å².